The molecule has 2 atom stereocenters. The number of aryl methyl sites for hydroxylation is 4. The fourth-order valence-corrected chi connectivity index (χ4v) is 12.0. The van der Waals surface area contributed by atoms with Crippen molar-refractivity contribution in [3.05, 3.63) is 195 Å². The van der Waals surface area contributed by atoms with Crippen LogP contribution < -0.4 is 36.3 Å². The van der Waals surface area contributed by atoms with Crippen LogP contribution in [0.15, 0.2) is 133 Å². The van der Waals surface area contributed by atoms with Crippen molar-refractivity contribution in [1.29, 1.82) is 0 Å². The second-order valence-electron chi connectivity index (χ2n) is 22.9. The molecule has 2 aliphatic heterocycles. The number of carbonyl (C=O) groups is 4. The Kier molecular flexibility index (Phi) is 25.9. The van der Waals surface area contributed by atoms with Crippen LogP contribution in [0.2, 0.25) is 0 Å². The lowest BCUT2D eigenvalue weighted by molar-refractivity contribution is -0.120. The fraction of sp³-hybridized carbons (Fsp3) is 0.412. The van der Waals surface area contributed by atoms with E-state index in [4.69, 9.17) is 29.5 Å². The summed E-state index contributed by atoms with van der Waals surface area (Å²) in [5.74, 6) is 6.03. The molecule has 2 aliphatic carbocycles. The Labute approximate surface area is 523 Å². The zero-order chi connectivity index (χ0) is 60.7. The standard InChI is InChI=1S/C31H35N3O4.C22H25NO3.C9H12N2O2.C6H15N.2H2S/c1-21-16-24(12-13-27(21)37-4)28(35)32-33-29(36)25-11-10-23-14-15-31(18-26(23)17-25)20-38-30(2,3)34(31)19-22-8-6-5-7-9-22;1-21(2)23(14-17-6-4-3-5-7-17)22(15-26-21)11-10-18-8-9-20(25-16-24)12-19(18)13-22;1-6-5-7(9(12)11-10)3-4-8(6)13-2;1-4-7(5-2)6-3;;/h5-13,16-17H,14-15,18-20H2,1-4H3,(H,32,35)(H,33,36);3-9,12,16H,10-11,13-15H2,1-2H3;3-5H,10H2,1-2H3,(H,11,12);4-6H2,1-3H3;2*1H2/t31-;22-;;;;/m00..../s1. The van der Waals surface area contributed by atoms with Crippen molar-refractivity contribution in [2.24, 2.45) is 5.84 Å². The minimum atomic E-state index is -0.386. The molecule has 2 heterocycles. The minimum Gasteiger partial charge on any atom is -0.496 e. The maximum atomic E-state index is 13.0. The number of nitrogens with one attached hydrogen (secondary N) is 3. The van der Waals surface area contributed by atoms with E-state index in [-0.39, 0.29) is 67.2 Å². The molecule has 2 spiro atoms. The molecule has 0 radical (unpaired) electrons. The van der Waals surface area contributed by atoms with Crippen molar-refractivity contribution < 1.29 is 42.9 Å². The Morgan fingerprint density at radius 1 is 0.570 bits per heavy atom. The largest absolute Gasteiger partial charge is 0.496 e. The molecule has 464 valence electrons. The van der Waals surface area contributed by atoms with Gasteiger partial charge in [0, 0.05) is 29.8 Å². The molecule has 2 saturated heterocycles. The van der Waals surface area contributed by atoms with Gasteiger partial charge < -0.3 is 28.6 Å². The number of carbonyl (C=O) groups excluding carboxylic acids is 4. The van der Waals surface area contributed by atoms with Crippen molar-refractivity contribution in [3.8, 4) is 17.2 Å². The summed E-state index contributed by atoms with van der Waals surface area (Å²) in [6, 6.07) is 43.1. The molecule has 5 N–H and O–H groups in total. The van der Waals surface area contributed by atoms with Gasteiger partial charge in [-0.25, -0.2) is 5.84 Å². The molecule has 4 aliphatic rings. The van der Waals surface area contributed by atoms with Crippen LogP contribution in [0.5, 0.6) is 17.2 Å². The molecule has 6 aromatic rings. The van der Waals surface area contributed by atoms with Crippen LogP contribution in [0.25, 0.3) is 0 Å². The van der Waals surface area contributed by atoms with E-state index in [2.05, 4.69) is 140 Å². The van der Waals surface area contributed by atoms with E-state index < -0.39 is 0 Å². The quantitative estimate of drug-likeness (QED) is 0.0350. The summed E-state index contributed by atoms with van der Waals surface area (Å²) in [5, 5.41) is 0. The van der Waals surface area contributed by atoms with Crippen LogP contribution in [0, 0.1) is 13.8 Å². The van der Waals surface area contributed by atoms with E-state index in [0.717, 1.165) is 80.7 Å². The van der Waals surface area contributed by atoms with Crippen molar-refractivity contribution in [2.75, 3.05) is 47.1 Å². The van der Waals surface area contributed by atoms with Gasteiger partial charge in [-0.1, -0.05) is 93.6 Å². The van der Waals surface area contributed by atoms with E-state index >= 15 is 0 Å². The summed E-state index contributed by atoms with van der Waals surface area (Å²) in [4.78, 5) is 54.7. The van der Waals surface area contributed by atoms with Gasteiger partial charge in [-0.2, -0.15) is 27.0 Å². The molecule has 2 fully saturated rings. The fourth-order valence-electron chi connectivity index (χ4n) is 12.0. The maximum Gasteiger partial charge on any atom is 0.298 e. The topological polar surface area (TPSA) is 186 Å². The number of amides is 3. The molecule has 86 heavy (non-hydrogen) atoms. The van der Waals surface area contributed by atoms with Gasteiger partial charge in [-0.15, -0.1) is 0 Å². The van der Waals surface area contributed by atoms with Crippen molar-refractivity contribution in [2.45, 2.75) is 136 Å². The number of hydrogen-bond donors (Lipinski definition) is 4. The van der Waals surface area contributed by atoms with Crippen LogP contribution in [-0.4, -0.2) is 108 Å². The Hall–Kier alpha value is -6.74. The number of benzene rings is 6. The average molecular weight is 1210 g/mol. The van der Waals surface area contributed by atoms with Gasteiger partial charge in [-0.05, 0) is 205 Å². The molecule has 0 unspecified atom stereocenters. The van der Waals surface area contributed by atoms with Crippen LogP contribution in [0.4, 0.5) is 0 Å². The van der Waals surface area contributed by atoms with Crippen LogP contribution in [0.3, 0.4) is 0 Å². The van der Waals surface area contributed by atoms with Gasteiger partial charge in [0.1, 0.15) is 28.7 Å². The van der Waals surface area contributed by atoms with Gasteiger partial charge in [0.2, 0.25) is 0 Å². The molecule has 3 amide bonds. The number of nitrogens with two attached hydrogens (primary N) is 1. The zero-order valence-electron chi connectivity index (χ0n) is 52.1. The molecule has 18 heteroatoms. The zero-order valence-corrected chi connectivity index (χ0v) is 54.1. The number of methoxy groups -OCH3 is 2. The number of nitrogens with zero attached hydrogens (tertiary/aromatic N) is 3. The summed E-state index contributed by atoms with van der Waals surface area (Å²) in [6.45, 7) is 26.0. The lowest BCUT2D eigenvalue weighted by atomic mass is 9.76. The predicted molar refractivity (Wildman–Crippen MR) is 349 cm³/mol. The number of hydrogen-bond acceptors (Lipinski definition) is 13. The first kappa shape index (κ1) is 70.0. The molecule has 16 nitrogen and oxygen atoms in total. The van der Waals surface area contributed by atoms with Gasteiger partial charge in [-0.3, -0.25) is 45.3 Å². The highest BCUT2D eigenvalue weighted by Crippen LogP contribution is 2.46. The van der Waals surface area contributed by atoms with Gasteiger partial charge in [0.15, 0.2) is 0 Å². The number of fused-ring (bicyclic) bond motifs is 2. The van der Waals surface area contributed by atoms with Gasteiger partial charge in [0.05, 0.1) is 38.5 Å². The monoisotopic (exact) mass is 1210 g/mol. The van der Waals surface area contributed by atoms with Crippen LogP contribution >= 0.6 is 27.0 Å². The third-order valence-electron chi connectivity index (χ3n) is 16.9. The number of nitrogen functional groups attached to an aromatic ring is 1. The highest BCUT2D eigenvalue weighted by Gasteiger charge is 2.53. The maximum absolute atomic E-state index is 13.0. The molecule has 0 bridgehead atoms. The summed E-state index contributed by atoms with van der Waals surface area (Å²) in [6.07, 6.45) is 5.73. The highest BCUT2D eigenvalue weighted by molar-refractivity contribution is 7.59. The van der Waals surface area contributed by atoms with E-state index in [1.807, 2.05) is 50.2 Å². The molecule has 6 aromatic carbocycles. The van der Waals surface area contributed by atoms with Crippen molar-refractivity contribution in [1.82, 2.24) is 31.0 Å². The normalized spacial score (nSPS) is 18.5. The summed E-state index contributed by atoms with van der Waals surface area (Å²) in [5.41, 5.74) is 17.1. The predicted octanol–water partition coefficient (Wildman–Crippen LogP) is 10.5. The first-order chi connectivity index (χ1) is 40.3. The van der Waals surface area contributed by atoms with Gasteiger partial charge >= 0.3 is 0 Å². The number of hydrazine groups is 2. The molecule has 0 aromatic heterocycles. The van der Waals surface area contributed by atoms with E-state index in [9.17, 15) is 19.2 Å². The Morgan fingerprint density at radius 2 is 0.977 bits per heavy atom. The van der Waals surface area contributed by atoms with E-state index in [1.165, 1.54) is 47.5 Å². The summed E-state index contributed by atoms with van der Waals surface area (Å²) < 4.78 is 27.9. The highest BCUT2D eigenvalue weighted by atomic mass is 32.1. The first-order valence-electron chi connectivity index (χ1n) is 29.1. The van der Waals surface area contributed by atoms with Crippen LogP contribution in [0.1, 0.15) is 137 Å². The lowest BCUT2D eigenvalue weighted by Gasteiger charge is -2.45. The second-order valence-corrected chi connectivity index (χ2v) is 22.9. The summed E-state index contributed by atoms with van der Waals surface area (Å²) in [7, 11) is 3.18. The molecular weight excluding hydrogens is 1120 g/mol. The summed E-state index contributed by atoms with van der Waals surface area (Å²) >= 11 is 0. The Morgan fingerprint density at radius 3 is 1.37 bits per heavy atom. The van der Waals surface area contributed by atoms with E-state index in [0.29, 0.717) is 41.3 Å². The molecular formula is C68H91N7O9S2. The van der Waals surface area contributed by atoms with E-state index in [1.54, 1.807) is 50.6 Å². The van der Waals surface area contributed by atoms with Crippen molar-refractivity contribution >= 4 is 51.2 Å². The molecule has 10 rings (SSSR count). The first-order valence-corrected chi connectivity index (χ1v) is 29.1. The smallest absolute Gasteiger partial charge is 0.298 e. The Balaban J connectivity index is 0.000000242. The second kappa shape index (κ2) is 31.8. The third-order valence-corrected chi connectivity index (χ3v) is 16.9. The lowest BCUT2D eigenvalue weighted by Crippen LogP contribution is -2.54. The van der Waals surface area contributed by atoms with Crippen LogP contribution in [-0.2, 0) is 53.0 Å². The minimum absolute atomic E-state index is 0. The Bertz CT molecular complexity index is 3200. The SMILES string of the molecule is CC1(C)OC[C@@]2(CCc3ccc(OC=O)cc3C2)N1Cc1ccccc1.CCN(CC)CC.COc1ccc(C(=O)NN)cc1C.COc1ccc(C(=O)NNC(=O)c2ccc3c(c2)C[C@@]2(CC3)COC(C)(C)N2Cc2ccccc2)cc1C.S.S. The number of ether oxygens (including phenoxy) is 5. The third kappa shape index (κ3) is 17.3. The number of rotatable bonds is 14. The van der Waals surface area contributed by atoms with Crippen molar-refractivity contribution in [3.63, 3.8) is 0 Å². The average Bonchev–Trinajstić information content (AvgIpc) is 1.73. The van der Waals surface area contributed by atoms with Gasteiger partial charge in [0.25, 0.3) is 24.2 Å². The molecule has 0 saturated carbocycles.